The normalized spacial score (nSPS) is 12.2. The van der Waals surface area contributed by atoms with Gasteiger partial charge in [0.2, 0.25) is 0 Å². The van der Waals surface area contributed by atoms with Crippen molar-refractivity contribution in [3.63, 3.8) is 0 Å². The fourth-order valence-electron chi connectivity index (χ4n) is 4.30. The molecule has 2 amide bonds. The number of halogens is 1. The van der Waals surface area contributed by atoms with Gasteiger partial charge in [-0.1, -0.05) is 67.4 Å². The van der Waals surface area contributed by atoms with Gasteiger partial charge in [-0.25, -0.2) is 14.8 Å². The van der Waals surface area contributed by atoms with Crippen LogP contribution in [0.3, 0.4) is 0 Å². The van der Waals surface area contributed by atoms with Crippen molar-refractivity contribution in [2.45, 2.75) is 32.7 Å². The number of aryl methyl sites for hydroxylation is 1. The summed E-state index contributed by atoms with van der Waals surface area (Å²) >= 11 is 6.10. The van der Waals surface area contributed by atoms with Crippen LogP contribution in [0, 0.1) is 5.92 Å². The van der Waals surface area contributed by atoms with E-state index in [1.165, 1.54) is 0 Å². The Morgan fingerprint density at radius 3 is 2.59 bits per heavy atom. The van der Waals surface area contributed by atoms with E-state index in [0.29, 0.717) is 23.3 Å². The molecule has 11 heteroatoms. The van der Waals surface area contributed by atoms with Crippen molar-refractivity contribution in [1.29, 1.82) is 0 Å². The molecule has 0 aliphatic rings. The molecule has 0 radical (unpaired) electrons. The lowest BCUT2D eigenvalue weighted by Gasteiger charge is -2.24. The summed E-state index contributed by atoms with van der Waals surface area (Å²) < 4.78 is 3.63. The molecule has 4 aromatic rings. The third kappa shape index (κ3) is 8.84. The quantitative estimate of drug-likeness (QED) is 0.128. The highest BCUT2D eigenvalue weighted by Crippen LogP contribution is 2.32. The summed E-state index contributed by atoms with van der Waals surface area (Å²) in [7, 11) is 3.92. The summed E-state index contributed by atoms with van der Waals surface area (Å²) in [5.41, 5.74) is 4.01. The number of anilines is 2. The number of urea groups is 1. The van der Waals surface area contributed by atoms with Gasteiger partial charge in [-0.15, -0.1) is 0 Å². The third-order valence-electron chi connectivity index (χ3n) is 6.47. The number of carbonyl (C=O) groups is 1. The molecule has 2 atom stereocenters. The van der Waals surface area contributed by atoms with Crippen LogP contribution in [-0.4, -0.2) is 45.2 Å². The SMILES string of the molecule is CCCC(C=Nc1ncc(Cl)c(NC)n1)CCPN(C(=O)NCc1ccccc1)c1ccc(-c2cnn(C)c2)cc1. The second-order valence-corrected chi connectivity index (χ2v) is 11.2. The maximum atomic E-state index is 13.4. The minimum Gasteiger partial charge on any atom is -0.372 e. The number of aromatic nitrogens is 4. The Balaban J connectivity index is 1.45. The third-order valence-corrected chi connectivity index (χ3v) is 8.03. The summed E-state index contributed by atoms with van der Waals surface area (Å²) in [6.07, 6.45) is 11.0. The van der Waals surface area contributed by atoms with Crippen LogP contribution >= 0.6 is 20.3 Å². The van der Waals surface area contributed by atoms with Gasteiger partial charge < -0.3 is 10.6 Å². The van der Waals surface area contributed by atoms with E-state index < -0.39 is 0 Å². The molecule has 0 saturated carbocycles. The largest absolute Gasteiger partial charge is 0.372 e. The van der Waals surface area contributed by atoms with Gasteiger partial charge in [0.1, 0.15) is 10.8 Å². The first-order valence-electron chi connectivity index (χ1n) is 13.7. The number of hydrogen-bond donors (Lipinski definition) is 2. The molecule has 2 N–H and O–H groups in total. The summed E-state index contributed by atoms with van der Waals surface area (Å²) in [5.74, 6) is 1.17. The number of amides is 2. The highest BCUT2D eigenvalue weighted by molar-refractivity contribution is 7.41. The Labute approximate surface area is 248 Å². The lowest BCUT2D eigenvalue weighted by Crippen LogP contribution is -2.34. The molecule has 0 bridgehead atoms. The number of hydrogen-bond acceptors (Lipinski definition) is 6. The van der Waals surface area contributed by atoms with E-state index in [1.807, 2.05) is 84.9 Å². The van der Waals surface area contributed by atoms with E-state index in [1.54, 1.807) is 17.9 Å². The fourth-order valence-corrected chi connectivity index (χ4v) is 5.76. The van der Waals surface area contributed by atoms with Crippen molar-refractivity contribution < 1.29 is 4.79 Å². The molecular formula is C30H36ClN8OP. The van der Waals surface area contributed by atoms with Gasteiger partial charge in [0.25, 0.3) is 5.95 Å². The first-order valence-corrected chi connectivity index (χ1v) is 15.2. The van der Waals surface area contributed by atoms with Gasteiger partial charge in [-0.2, -0.15) is 10.1 Å². The van der Waals surface area contributed by atoms with Gasteiger partial charge in [0, 0.05) is 44.3 Å². The lowest BCUT2D eigenvalue weighted by molar-refractivity contribution is 0.249. The number of nitrogens with one attached hydrogen (secondary N) is 2. The Morgan fingerprint density at radius 2 is 1.90 bits per heavy atom. The van der Waals surface area contributed by atoms with E-state index >= 15 is 0 Å². The van der Waals surface area contributed by atoms with Crippen molar-refractivity contribution in [3.05, 3.63) is 83.8 Å². The van der Waals surface area contributed by atoms with Crippen molar-refractivity contribution in [3.8, 4) is 11.1 Å². The van der Waals surface area contributed by atoms with Crippen LogP contribution in [0.4, 0.5) is 22.2 Å². The molecule has 9 nitrogen and oxygen atoms in total. The van der Waals surface area contributed by atoms with Crippen LogP contribution in [0.5, 0.6) is 0 Å². The second kappa shape index (κ2) is 15.3. The minimum absolute atomic E-state index is 0.115. The molecule has 2 heterocycles. The Bertz CT molecular complexity index is 1430. The zero-order chi connectivity index (χ0) is 29.0. The van der Waals surface area contributed by atoms with E-state index in [9.17, 15) is 4.79 Å². The number of rotatable bonds is 13. The topological polar surface area (TPSA) is 100 Å². The molecule has 4 rings (SSSR count). The predicted molar refractivity (Wildman–Crippen MR) is 171 cm³/mol. The first kappa shape index (κ1) is 30.2. The van der Waals surface area contributed by atoms with Crippen LogP contribution in [0.25, 0.3) is 11.1 Å². The molecule has 0 aliphatic heterocycles. The monoisotopic (exact) mass is 590 g/mol. The standard InChI is InChI=1S/C30H36ClN8OP/c1-4-8-22(17-33-29-34-20-27(31)28(32-2)37-29)15-16-41-39(30(40)35-18-23-9-6-5-7-10-23)26-13-11-24(12-14-26)25-19-36-38(3)21-25/h5-7,9-14,17,19-22,41H,4,8,15-16,18H2,1-3H3,(H,35,40)(H,32,34,37). The zero-order valence-electron chi connectivity index (χ0n) is 23.6. The van der Waals surface area contributed by atoms with Crippen molar-refractivity contribution >= 4 is 50.0 Å². The molecule has 0 aliphatic carbocycles. The number of nitrogens with zero attached hydrogens (tertiary/aromatic N) is 6. The summed E-state index contributed by atoms with van der Waals surface area (Å²) in [4.78, 5) is 26.5. The number of aliphatic imine (C=N–C) groups is 1. The van der Waals surface area contributed by atoms with Gasteiger partial charge in [0.15, 0.2) is 0 Å². The highest BCUT2D eigenvalue weighted by atomic mass is 35.5. The molecule has 2 aromatic carbocycles. The van der Waals surface area contributed by atoms with Gasteiger partial charge >= 0.3 is 6.03 Å². The van der Waals surface area contributed by atoms with Crippen molar-refractivity contribution in [1.82, 2.24) is 25.1 Å². The summed E-state index contributed by atoms with van der Waals surface area (Å²) in [6, 6.07) is 17.9. The van der Waals surface area contributed by atoms with Crippen LogP contribution in [-0.2, 0) is 13.6 Å². The predicted octanol–water partition coefficient (Wildman–Crippen LogP) is 7.09. The summed E-state index contributed by atoms with van der Waals surface area (Å²) in [6.45, 7) is 2.63. The average Bonchev–Trinajstić information content (AvgIpc) is 3.44. The van der Waals surface area contributed by atoms with Crippen LogP contribution < -0.4 is 15.3 Å². The maximum Gasteiger partial charge on any atom is 0.325 e. The Hall–Kier alpha value is -3.81. The molecule has 2 aromatic heterocycles. The zero-order valence-corrected chi connectivity index (χ0v) is 25.3. The van der Waals surface area contributed by atoms with Crippen LogP contribution in [0.1, 0.15) is 31.7 Å². The van der Waals surface area contributed by atoms with Crippen LogP contribution in [0.15, 0.2) is 78.2 Å². The number of carbonyl (C=O) groups excluding carboxylic acids is 1. The second-order valence-electron chi connectivity index (χ2n) is 9.57. The number of benzene rings is 2. The van der Waals surface area contributed by atoms with E-state index in [0.717, 1.165) is 47.8 Å². The molecule has 214 valence electrons. The molecular weight excluding hydrogens is 555 g/mol. The molecule has 2 unspecified atom stereocenters. The van der Waals surface area contributed by atoms with E-state index in [-0.39, 0.29) is 20.7 Å². The highest BCUT2D eigenvalue weighted by Gasteiger charge is 2.17. The van der Waals surface area contributed by atoms with Crippen molar-refractivity contribution in [2.75, 3.05) is 23.2 Å². The average molecular weight is 591 g/mol. The Morgan fingerprint density at radius 1 is 1.12 bits per heavy atom. The van der Waals surface area contributed by atoms with Gasteiger partial charge in [0.05, 0.1) is 12.4 Å². The van der Waals surface area contributed by atoms with Gasteiger partial charge in [-0.3, -0.25) is 9.35 Å². The van der Waals surface area contributed by atoms with Crippen LogP contribution in [0.2, 0.25) is 5.02 Å². The molecule has 0 saturated heterocycles. The fraction of sp³-hybridized carbons (Fsp3) is 0.300. The lowest BCUT2D eigenvalue weighted by atomic mass is 10.0. The smallest absolute Gasteiger partial charge is 0.325 e. The maximum absolute atomic E-state index is 13.4. The Kier molecular flexibility index (Phi) is 11.2. The molecule has 41 heavy (non-hydrogen) atoms. The minimum atomic E-state index is -0.115. The first-order chi connectivity index (χ1) is 20.0. The molecule has 0 spiro atoms. The van der Waals surface area contributed by atoms with E-state index in [2.05, 4.69) is 37.6 Å². The molecule has 0 fully saturated rings. The van der Waals surface area contributed by atoms with E-state index in [4.69, 9.17) is 11.6 Å². The summed E-state index contributed by atoms with van der Waals surface area (Å²) in [5, 5.41) is 10.8. The van der Waals surface area contributed by atoms with Crippen molar-refractivity contribution in [2.24, 2.45) is 18.0 Å². The van der Waals surface area contributed by atoms with Gasteiger partial charge in [-0.05, 0) is 56.9 Å².